The van der Waals surface area contributed by atoms with Gasteiger partial charge in [0, 0.05) is 31.4 Å². The van der Waals surface area contributed by atoms with Crippen molar-refractivity contribution in [3.05, 3.63) is 11.6 Å². The smallest absolute Gasteiger partial charge is 0.153 e. The number of aliphatic hydroxyl groups is 1. The fourth-order valence-corrected chi connectivity index (χ4v) is 1.79. The van der Waals surface area contributed by atoms with Gasteiger partial charge in [-0.25, -0.2) is 9.67 Å². The molecule has 0 radical (unpaired) electrons. The van der Waals surface area contributed by atoms with Gasteiger partial charge in [-0.3, -0.25) is 0 Å². The third-order valence-corrected chi connectivity index (χ3v) is 2.75. The molecule has 0 amide bonds. The van der Waals surface area contributed by atoms with Crippen molar-refractivity contribution >= 4 is 0 Å². The molecular formula is C10H17N3O. The Kier molecular flexibility index (Phi) is 2.54. The number of nitrogens with zero attached hydrogens (tertiary/aromatic N) is 3. The van der Waals surface area contributed by atoms with Gasteiger partial charge in [-0.2, -0.15) is 5.10 Å². The molecule has 14 heavy (non-hydrogen) atoms. The highest BCUT2D eigenvalue weighted by molar-refractivity contribution is 4.99. The van der Waals surface area contributed by atoms with Crippen molar-refractivity contribution in [1.82, 2.24) is 14.8 Å². The van der Waals surface area contributed by atoms with E-state index >= 15 is 0 Å². The molecule has 0 aliphatic carbocycles. The molecule has 0 bridgehead atoms. The summed E-state index contributed by atoms with van der Waals surface area (Å²) in [6.07, 6.45) is 1.98. The summed E-state index contributed by atoms with van der Waals surface area (Å²) in [4.78, 5) is 4.49. The summed E-state index contributed by atoms with van der Waals surface area (Å²) in [5, 5.41) is 13.5. The van der Waals surface area contributed by atoms with Crippen LogP contribution in [0.4, 0.5) is 0 Å². The van der Waals surface area contributed by atoms with Gasteiger partial charge in [0.2, 0.25) is 0 Å². The molecule has 0 spiro atoms. The minimum atomic E-state index is 0.260. The van der Waals surface area contributed by atoms with Crippen LogP contribution in [-0.4, -0.2) is 26.5 Å². The first-order valence-electron chi connectivity index (χ1n) is 5.25. The quantitative estimate of drug-likeness (QED) is 0.764. The number of aromatic nitrogens is 3. The molecule has 1 atom stereocenters. The second-order valence-corrected chi connectivity index (χ2v) is 4.31. The fraction of sp³-hybridized carbons (Fsp3) is 0.800. The van der Waals surface area contributed by atoms with Crippen LogP contribution in [0, 0.1) is 5.92 Å². The summed E-state index contributed by atoms with van der Waals surface area (Å²) in [5.41, 5.74) is 0. The van der Waals surface area contributed by atoms with E-state index in [1.807, 2.05) is 4.68 Å². The largest absolute Gasteiger partial charge is 0.396 e. The number of aliphatic hydroxyl groups excluding tert-OH is 1. The van der Waals surface area contributed by atoms with Crippen LogP contribution >= 0.6 is 0 Å². The van der Waals surface area contributed by atoms with E-state index in [9.17, 15) is 0 Å². The summed E-state index contributed by atoms with van der Waals surface area (Å²) in [5.74, 6) is 2.77. The van der Waals surface area contributed by atoms with Crippen LogP contribution in [0.5, 0.6) is 0 Å². The average Bonchev–Trinajstić information content (AvgIpc) is 2.59. The molecule has 4 nitrogen and oxygen atoms in total. The van der Waals surface area contributed by atoms with E-state index in [0.717, 1.165) is 31.0 Å². The first kappa shape index (κ1) is 9.65. The lowest BCUT2D eigenvalue weighted by Crippen LogP contribution is -2.23. The number of aryl methyl sites for hydroxylation is 1. The average molecular weight is 195 g/mol. The molecule has 2 heterocycles. The van der Waals surface area contributed by atoms with Gasteiger partial charge in [0.05, 0.1) is 0 Å². The Bertz CT molecular complexity index is 319. The summed E-state index contributed by atoms with van der Waals surface area (Å²) < 4.78 is 1.96. The molecule has 0 fully saturated rings. The van der Waals surface area contributed by atoms with Crippen molar-refractivity contribution in [3.63, 3.8) is 0 Å². The van der Waals surface area contributed by atoms with Crippen LogP contribution < -0.4 is 0 Å². The van der Waals surface area contributed by atoms with Gasteiger partial charge in [-0.1, -0.05) is 13.8 Å². The first-order valence-corrected chi connectivity index (χ1v) is 5.25. The lowest BCUT2D eigenvalue weighted by molar-refractivity contribution is 0.185. The highest BCUT2D eigenvalue weighted by Gasteiger charge is 2.21. The molecule has 1 aliphatic heterocycles. The molecule has 4 heteroatoms. The van der Waals surface area contributed by atoms with Crippen LogP contribution in [0.1, 0.15) is 37.8 Å². The van der Waals surface area contributed by atoms with E-state index in [2.05, 4.69) is 23.9 Å². The lowest BCUT2D eigenvalue weighted by atomic mass is 10.0. The van der Waals surface area contributed by atoms with E-state index in [0.29, 0.717) is 11.8 Å². The van der Waals surface area contributed by atoms with E-state index in [4.69, 9.17) is 5.11 Å². The van der Waals surface area contributed by atoms with E-state index in [1.54, 1.807) is 0 Å². The number of hydrogen-bond donors (Lipinski definition) is 1. The molecular weight excluding hydrogens is 178 g/mol. The van der Waals surface area contributed by atoms with Crippen molar-refractivity contribution in [1.29, 1.82) is 0 Å². The molecule has 0 saturated heterocycles. The van der Waals surface area contributed by atoms with Crippen LogP contribution in [-0.2, 0) is 13.0 Å². The molecule has 78 valence electrons. The molecule has 1 unspecified atom stereocenters. The second-order valence-electron chi connectivity index (χ2n) is 4.31. The van der Waals surface area contributed by atoms with Gasteiger partial charge in [0.25, 0.3) is 0 Å². The Morgan fingerprint density at radius 2 is 2.36 bits per heavy atom. The maximum atomic E-state index is 9.07. The summed E-state index contributed by atoms with van der Waals surface area (Å²) in [6, 6.07) is 0. The zero-order valence-electron chi connectivity index (χ0n) is 8.77. The predicted molar refractivity (Wildman–Crippen MR) is 53.0 cm³/mol. The van der Waals surface area contributed by atoms with Gasteiger partial charge in [0.15, 0.2) is 5.82 Å². The first-order chi connectivity index (χ1) is 6.70. The standard InChI is InChI=1S/C10H17N3O/c1-7(2)10-11-9-4-3-8(6-14)5-13(9)12-10/h7-8,14H,3-6H2,1-2H3. The zero-order chi connectivity index (χ0) is 10.1. The third-order valence-electron chi connectivity index (χ3n) is 2.75. The Hall–Kier alpha value is -0.900. The van der Waals surface area contributed by atoms with Crippen molar-refractivity contribution in [2.24, 2.45) is 5.92 Å². The van der Waals surface area contributed by atoms with Gasteiger partial charge >= 0.3 is 0 Å². The minimum Gasteiger partial charge on any atom is -0.396 e. The zero-order valence-corrected chi connectivity index (χ0v) is 8.77. The van der Waals surface area contributed by atoms with Crippen molar-refractivity contribution in [3.8, 4) is 0 Å². The maximum absolute atomic E-state index is 9.07. The third kappa shape index (κ3) is 1.66. The topological polar surface area (TPSA) is 50.9 Å². The maximum Gasteiger partial charge on any atom is 0.153 e. The minimum absolute atomic E-state index is 0.260. The normalized spacial score (nSPS) is 21.3. The molecule has 1 aromatic heterocycles. The molecule has 2 rings (SSSR count). The van der Waals surface area contributed by atoms with E-state index < -0.39 is 0 Å². The van der Waals surface area contributed by atoms with Gasteiger partial charge in [0.1, 0.15) is 5.82 Å². The molecule has 1 N–H and O–H groups in total. The molecule has 0 saturated carbocycles. The van der Waals surface area contributed by atoms with Crippen molar-refractivity contribution in [2.45, 2.75) is 39.2 Å². The van der Waals surface area contributed by atoms with Crippen LogP contribution in [0.3, 0.4) is 0 Å². The highest BCUT2D eigenvalue weighted by atomic mass is 16.3. The molecule has 0 aromatic carbocycles. The summed E-state index contributed by atoms with van der Waals surface area (Å²) in [7, 11) is 0. The number of rotatable bonds is 2. The van der Waals surface area contributed by atoms with Gasteiger partial charge < -0.3 is 5.11 Å². The second kappa shape index (κ2) is 3.69. The summed E-state index contributed by atoms with van der Waals surface area (Å²) in [6.45, 7) is 5.29. The summed E-state index contributed by atoms with van der Waals surface area (Å²) >= 11 is 0. The van der Waals surface area contributed by atoms with Gasteiger partial charge in [-0.15, -0.1) is 0 Å². The van der Waals surface area contributed by atoms with Crippen LogP contribution in [0.15, 0.2) is 0 Å². The number of fused-ring (bicyclic) bond motifs is 1. The Labute approximate surface area is 84.0 Å². The van der Waals surface area contributed by atoms with Crippen molar-refractivity contribution < 1.29 is 5.11 Å². The monoisotopic (exact) mass is 195 g/mol. The van der Waals surface area contributed by atoms with E-state index in [1.165, 1.54) is 0 Å². The Morgan fingerprint density at radius 3 is 3.00 bits per heavy atom. The van der Waals surface area contributed by atoms with Crippen LogP contribution in [0.25, 0.3) is 0 Å². The predicted octanol–water partition coefficient (Wildman–Crippen LogP) is 0.956. The lowest BCUT2D eigenvalue weighted by Gasteiger charge is -2.19. The fourth-order valence-electron chi connectivity index (χ4n) is 1.79. The SMILES string of the molecule is CC(C)c1nc2n(n1)CC(CO)CC2. The molecule has 1 aromatic rings. The van der Waals surface area contributed by atoms with Gasteiger partial charge in [-0.05, 0) is 6.42 Å². The Morgan fingerprint density at radius 1 is 1.57 bits per heavy atom. The number of hydrogen-bond acceptors (Lipinski definition) is 3. The Balaban J connectivity index is 2.21. The molecule has 1 aliphatic rings. The van der Waals surface area contributed by atoms with Crippen molar-refractivity contribution in [2.75, 3.05) is 6.61 Å². The highest BCUT2D eigenvalue weighted by Crippen LogP contribution is 2.19. The van der Waals surface area contributed by atoms with E-state index in [-0.39, 0.29) is 6.61 Å². The van der Waals surface area contributed by atoms with Crippen LogP contribution in [0.2, 0.25) is 0 Å².